The number of anilines is 1. The number of amides is 1. The van der Waals surface area contributed by atoms with Crippen LogP contribution in [0.25, 0.3) is 0 Å². The zero-order chi connectivity index (χ0) is 20.5. The highest BCUT2D eigenvalue weighted by Crippen LogP contribution is 2.20. The van der Waals surface area contributed by atoms with Gasteiger partial charge in [-0.15, -0.1) is 0 Å². The number of ether oxygens (including phenoxy) is 2. The van der Waals surface area contributed by atoms with Crippen LogP contribution >= 0.6 is 0 Å². The van der Waals surface area contributed by atoms with Crippen LogP contribution in [0.3, 0.4) is 0 Å². The van der Waals surface area contributed by atoms with Crippen LogP contribution < -0.4 is 15.5 Å². The quantitative estimate of drug-likeness (QED) is 0.610. The molecule has 2 heterocycles. The van der Waals surface area contributed by atoms with Gasteiger partial charge in [-0.2, -0.15) is 0 Å². The Morgan fingerprint density at radius 2 is 1.79 bits per heavy atom. The normalized spacial score (nSPS) is 18.4. The van der Waals surface area contributed by atoms with E-state index in [1.807, 2.05) is 24.3 Å². The van der Waals surface area contributed by atoms with Crippen molar-refractivity contribution in [3.05, 3.63) is 29.8 Å². The van der Waals surface area contributed by atoms with Gasteiger partial charge < -0.3 is 25.0 Å². The Kier molecular flexibility index (Phi) is 8.27. The molecular weight excluding hydrogens is 372 g/mol. The van der Waals surface area contributed by atoms with Crippen molar-refractivity contribution < 1.29 is 19.1 Å². The van der Waals surface area contributed by atoms with E-state index in [9.17, 15) is 9.59 Å². The molecule has 0 unspecified atom stereocenters. The predicted octanol–water partition coefficient (Wildman–Crippen LogP) is 0.480. The number of rotatable bonds is 8. The van der Waals surface area contributed by atoms with E-state index < -0.39 is 0 Å². The van der Waals surface area contributed by atoms with Crippen molar-refractivity contribution in [2.24, 2.45) is 0 Å². The Labute approximate surface area is 172 Å². The lowest BCUT2D eigenvalue weighted by Crippen LogP contribution is -2.44. The van der Waals surface area contributed by atoms with Crippen LogP contribution in [0.1, 0.15) is 23.2 Å². The molecule has 1 aromatic carbocycles. The third-order valence-electron chi connectivity index (χ3n) is 5.57. The molecular formula is C21H32N4O4. The van der Waals surface area contributed by atoms with Crippen LogP contribution in [0, 0.1) is 0 Å². The third kappa shape index (κ3) is 6.69. The van der Waals surface area contributed by atoms with Gasteiger partial charge in [0.2, 0.25) is 0 Å². The second kappa shape index (κ2) is 11.1. The van der Waals surface area contributed by atoms with E-state index in [2.05, 4.69) is 25.2 Å². The summed E-state index contributed by atoms with van der Waals surface area (Å²) < 4.78 is 10.0. The minimum absolute atomic E-state index is 0.0319. The van der Waals surface area contributed by atoms with Crippen molar-refractivity contribution in [3.63, 3.8) is 0 Å². The zero-order valence-corrected chi connectivity index (χ0v) is 17.2. The van der Waals surface area contributed by atoms with Gasteiger partial charge in [0.15, 0.2) is 0 Å². The first-order chi connectivity index (χ1) is 14.2. The molecule has 2 saturated heterocycles. The summed E-state index contributed by atoms with van der Waals surface area (Å²) in [5.74, 6) is -0.262. The lowest BCUT2D eigenvalue weighted by Gasteiger charge is -2.34. The van der Waals surface area contributed by atoms with Crippen LogP contribution in [-0.4, -0.2) is 89.0 Å². The van der Waals surface area contributed by atoms with Gasteiger partial charge in [0.25, 0.3) is 5.91 Å². The highest BCUT2D eigenvalue weighted by molar-refractivity contribution is 5.94. The summed E-state index contributed by atoms with van der Waals surface area (Å²) in [5, 5.41) is 6.24. The number of nitrogens with one attached hydrogen (secondary N) is 2. The summed E-state index contributed by atoms with van der Waals surface area (Å²) in [6, 6.07) is 8.14. The first-order valence-electron chi connectivity index (χ1n) is 10.4. The monoisotopic (exact) mass is 404 g/mol. The van der Waals surface area contributed by atoms with Crippen molar-refractivity contribution in [2.45, 2.75) is 18.9 Å². The predicted molar refractivity (Wildman–Crippen MR) is 111 cm³/mol. The van der Waals surface area contributed by atoms with Crippen molar-refractivity contribution in [1.29, 1.82) is 0 Å². The highest BCUT2D eigenvalue weighted by Gasteiger charge is 2.20. The van der Waals surface area contributed by atoms with Crippen molar-refractivity contribution >= 4 is 17.6 Å². The molecule has 2 aliphatic heterocycles. The zero-order valence-electron chi connectivity index (χ0n) is 17.2. The Balaban J connectivity index is 1.39. The average Bonchev–Trinajstić information content (AvgIpc) is 2.78. The van der Waals surface area contributed by atoms with E-state index in [0.717, 1.165) is 64.5 Å². The molecule has 2 N–H and O–H groups in total. The summed E-state index contributed by atoms with van der Waals surface area (Å²) in [6.45, 7) is 7.00. The average molecular weight is 405 g/mol. The summed E-state index contributed by atoms with van der Waals surface area (Å²) in [6.07, 6.45) is 1.95. The van der Waals surface area contributed by atoms with E-state index in [-0.39, 0.29) is 18.4 Å². The van der Waals surface area contributed by atoms with Gasteiger partial charge in [-0.1, -0.05) is 0 Å². The number of methoxy groups -OCH3 is 1. The molecule has 0 saturated carbocycles. The van der Waals surface area contributed by atoms with Gasteiger partial charge in [-0.25, -0.2) is 0 Å². The lowest BCUT2D eigenvalue weighted by molar-refractivity contribution is -0.139. The fourth-order valence-electron chi connectivity index (χ4n) is 3.72. The molecule has 0 atom stereocenters. The Hall–Kier alpha value is -2.16. The number of esters is 1. The highest BCUT2D eigenvalue weighted by atomic mass is 16.5. The van der Waals surface area contributed by atoms with Gasteiger partial charge >= 0.3 is 5.97 Å². The van der Waals surface area contributed by atoms with Crippen LogP contribution in [-0.2, 0) is 14.3 Å². The van der Waals surface area contributed by atoms with Crippen LogP contribution in [0.4, 0.5) is 5.69 Å². The minimum atomic E-state index is -0.230. The van der Waals surface area contributed by atoms with Gasteiger partial charge in [0.05, 0.1) is 26.9 Å². The first-order valence-corrected chi connectivity index (χ1v) is 10.4. The SMILES string of the molecule is COC(=O)CNC1CCN(c2ccc(C(=O)NCCN3CCOCC3)cc2)CC1. The molecule has 160 valence electrons. The van der Waals surface area contributed by atoms with Gasteiger partial charge in [-0.05, 0) is 37.1 Å². The largest absolute Gasteiger partial charge is 0.468 e. The molecule has 2 aliphatic rings. The standard InChI is InChI=1S/C21H32N4O4/c1-28-20(26)16-23-18-6-9-25(10-7-18)19-4-2-17(3-5-19)21(27)22-8-11-24-12-14-29-15-13-24/h2-5,18,23H,6-16H2,1H3,(H,22,27). The van der Waals surface area contributed by atoms with E-state index in [1.165, 1.54) is 7.11 Å². The molecule has 0 aliphatic carbocycles. The van der Waals surface area contributed by atoms with Crippen molar-refractivity contribution in [1.82, 2.24) is 15.5 Å². The number of hydrogen-bond acceptors (Lipinski definition) is 7. The molecule has 3 rings (SSSR count). The molecule has 2 fully saturated rings. The minimum Gasteiger partial charge on any atom is -0.468 e. The van der Waals surface area contributed by atoms with E-state index in [1.54, 1.807) is 0 Å². The number of hydrogen-bond donors (Lipinski definition) is 2. The second-order valence-corrected chi connectivity index (χ2v) is 7.48. The number of morpholine rings is 1. The topological polar surface area (TPSA) is 83.1 Å². The first kappa shape index (κ1) is 21.5. The molecule has 0 radical (unpaired) electrons. The fourth-order valence-corrected chi connectivity index (χ4v) is 3.72. The number of nitrogens with zero attached hydrogens (tertiary/aromatic N) is 2. The molecule has 0 bridgehead atoms. The van der Waals surface area contributed by atoms with Crippen LogP contribution in [0.2, 0.25) is 0 Å². The maximum atomic E-state index is 12.4. The molecule has 8 heteroatoms. The molecule has 0 aromatic heterocycles. The molecule has 29 heavy (non-hydrogen) atoms. The molecule has 0 spiro atoms. The number of benzene rings is 1. The summed E-state index contributed by atoms with van der Waals surface area (Å²) >= 11 is 0. The van der Waals surface area contributed by atoms with Crippen molar-refractivity contribution in [2.75, 3.05) is 71.0 Å². The van der Waals surface area contributed by atoms with Crippen molar-refractivity contribution in [3.8, 4) is 0 Å². The maximum absolute atomic E-state index is 12.4. The van der Waals surface area contributed by atoms with Gasteiger partial charge in [0.1, 0.15) is 0 Å². The van der Waals surface area contributed by atoms with Crippen LogP contribution in [0.15, 0.2) is 24.3 Å². The van der Waals surface area contributed by atoms with Gasteiger partial charge in [-0.3, -0.25) is 14.5 Å². The smallest absolute Gasteiger partial charge is 0.319 e. The number of carbonyl (C=O) groups is 2. The summed E-state index contributed by atoms with van der Waals surface area (Å²) in [4.78, 5) is 28.2. The Bertz CT molecular complexity index is 653. The third-order valence-corrected chi connectivity index (χ3v) is 5.57. The Morgan fingerprint density at radius 3 is 2.45 bits per heavy atom. The lowest BCUT2D eigenvalue weighted by atomic mass is 10.0. The molecule has 8 nitrogen and oxygen atoms in total. The summed E-state index contributed by atoms with van der Waals surface area (Å²) in [5.41, 5.74) is 1.81. The molecule has 1 amide bonds. The number of piperidine rings is 1. The Morgan fingerprint density at radius 1 is 1.10 bits per heavy atom. The van der Waals surface area contributed by atoms with E-state index in [4.69, 9.17) is 4.74 Å². The van der Waals surface area contributed by atoms with E-state index >= 15 is 0 Å². The van der Waals surface area contributed by atoms with Gasteiger partial charge in [0, 0.05) is 56.6 Å². The fraction of sp³-hybridized carbons (Fsp3) is 0.619. The molecule has 1 aromatic rings. The summed E-state index contributed by atoms with van der Waals surface area (Å²) in [7, 11) is 1.40. The van der Waals surface area contributed by atoms with Crippen LogP contribution in [0.5, 0.6) is 0 Å². The maximum Gasteiger partial charge on any atom is 0.319 e. The number of carbonyl (C=O) groups excluding carboxylic acids is 2. The van der Waals surface area contributed by atoms with E-state index in [0.29, 0.717) is 18.2 Å². The second-order valence-electron chi connectivity index (χ2n) is 7.48.